The maximum absolute atomic E-state index is 11.8. The molecule has 0 atom stereocenters. The number of unbranched alkanes of at least 4 members (excludes halogenated alkanes) is 1. The van der Waals surface area contributed by atoms with Gasteiger partial charge in [-0.15, -0.1) is 0 Å². The minimum absolute atomic E-state index is 0.0995. The van der Waals surface area contributed by atoms with Crippen LogP contribution < -0.4 is 5.63 Å². The molecule has 0 fully saturated rings. The van der Waals surface area contributed by atoms with Crippen molar-refractivity contribution in [3.05, 3.63) is 27.8 Å². The average molecular weight is 253 g/mol. The van der Waals surface area contributed by atoms with Gasteiger partial charge in [0.25, 0.3) is 0 Å². The van der Waals surface area contributed by atoms with Gasteiger partial charge in [0.1, 0.15) is 23.7 Å². The summed E-state index contributed by atoms with van der Waals surface area (Å²) >= 11 is 0. The van der Waals surface area contributed by atoms with Crippen molar-refractivity contribution in [2.75, 3.05) is 6.61 Å². The van der Waals surface area contributed by atoms with Crippen molar-refractivity contribution in [2.45, 2.75) is 40.0 Å². The molecule has 0 bridgehead atoms. The fourth-order valence-electron chi connectivity index (χ4n) is 1.56. The minimum Gasteiger partial charge on any atom is -0.507 e. The normalized spacial score (nSPS) is 11.6. The summed E-state index contributed by atoms with van der Waals surface area (Å²) in [6.07, 6.45) is 2.39. The fraction of sp³-hybridized carbons (Fsp3) is 0.538. The summed E-state index contributed by atoms with van der Waals surface area (Å²) in [6, 6.07) is 1.41. The van der Waals surface area contributed by atoms with E-state index >= 15 is 0 Å². The summed E-state index contributed by atoms with van der Waals surface area (Å²) in [5.74, 6) is 0.255. The average Bonchev–Trinajstić information content (AvgIpc) is 2.30. The van der Waals surface area contributed by atoms with Gasteiger partial charge < -0.3 is 14.4 Å². The molecule has 0 aliphatic heterocycles. The highest BCUT2D eigenvalue weighted by molar-refractivity contribution is 6.01. The molecular weight excluding hydrogens is 234 g/mol. The van der Waals surface area contributed by atoms with E-state index in [1.165, 1.54) is 6.07 Å². The van der Waals surface area contributed by atoms with Gasteiger partial charge in [-0.05, 0) is 26.7 Å². The van der Waals surface area contributed by atoms with E-state index in [-0.39, 0.29) is 11.3 Å². The molecule has 0 spiro atoms. The zero-order chi connectivity index (χ0) is 13.5. The Labute approximate surface area is 106 Å². The molecule has 1 rings (SSSR count). The van der Waals surface area contributed by atoms with E-state index < -0.39 is 5.63 Å². The van der Waals surface area contributed by atoms with Gasteiger partial charge in [0.2, 0.25) is 0 Å². The molecule has 5 heteroatoms. The molecule has 18 heavy (non-hydrogen) atoms. The zero-order valence-corrected chi connectivity index (χ0v) is 11.0. The topological polar surface area (TPSA) is 72.0 Å². The van der Waals surface area contributed by atoms with Crippen LogP contribution in [0.15, 0.2) is 20.4 Å². The van der Waals surface area contributed by atoms with Crippen molar-refractivity contribution in [3.63, 3.8) is 0 Å². The SMILES string of the molecule is CCCCC(=NOCC)c1c(O)cc(C)oc1=O. The summed E-state index contributed by atoms with van der Waals surface area (Å²) in [5.41, 5.74) is -0.0468. The molecule has 100 valence electrons. The quantitative estimate of drug-likeness (QED) is 0.624. The number of rotatable bonds is 6. The molecule has 0 aromatic carbocycles. The molecule has 0 aliphatic carbocycles. The van der Waals surface area contributed by atoms with E-state index in [1.807, 2.05) is 6.92 Å². The summed E-state index contributed by atoms with van der Waals surface area (Å²) < 4.78 is 4.98. The highest BCUT2D eigenvalue weighted by Crippen LogP contribution is 2.18. The molecule has 0 unspecified atom stereocenters. The molecule has 1 N–H and O–H groups in total. The predicted octanol–water partition coefficient (Wildman–Crippen LogP) is 2.58. The molecule has 0 aliphatic rings. The molecule has 0 saturated heterocycles. The minimum atomic E-state index is -0.581. The third-order valence-electron chi connectivity index (χ3n) is 2.41. The van der Waals surface area contributed by atoms with Crippen LogP contribution in [-0.2, 0) is 4.84 Å². The zero-order valence-electron chi connectivity index (χ0n) is 11.0. The smallest absolute Gasteiger partial charge is 0.349 e. The number of nitrogens with zero attached hydrogens (tertiary/aromatic N) is 1. The second kappa shape index (κ2) is 6.83. The Morgan fingerprint density at radius 3 is 2.78 bits per heavy atom. The molecule has 1 aromatic heterocycles. The first-order chi connectivity index (χ1) is 8.60. The van der Waals surface area contributed by atoms with Gasteiger partial charge in [-0.2, -0.15) is 0 Å². The lowest BCUT2D eigenvalue weighted by Gasteiger charge is -2.07. The van der Waals surface area contributed by atoms with Crippen molar-refractivity contribution in [1.82, 2.24) is 0 Å². The third-order valence-corrected chi connectivity index (χ3v) is 2.41. The Bertz CT molecular complexity index is 476. The number of oxime groups is 1. The van der Waals surface area contributed by atoms with Crippen molar-refractivity contribution in [2.24, 2.45) is 5.16 Å². The van der Waals surface area contributed by atoms with E-state index in [4.69, 9.17) is 9.25 Å². The Morgan fingerprint density at radius 2 is 2.22 bits per heavy atom. The van der Waals surface area contributed by atoms with Gasteiger partial charge >= 0.3 is 5.63 Å². The van der Waals surface area contributed by atoms with Crippen LogP contribution in [0.4, 0.5) is 0 Å². The second-order valence-corrected chi connectivity index (χ2v) is 3.96. The van der Waals surface area contributed by atoms with E-state index in [0.717, 1.165) is 12.8 Å². The molecule has 5 nitrogen and oxygen atoms in total. The lowest BCUT2D eigenvalue weighted by Crippen LogP contribution is -2.16. The van der Waals surface area contributed by atoms with Gasteiger partial charge in [-0.3, -0.25) is 0 Å². The monoisotopic (exact) mass is 253 g/mol. The highest BCUT2D eigenvalue weighted by atomic mass is 16.6. The van der Waals surface area contributed by atoms with E-state index in [0.29, 0.717) is 24.5 Å². The summed E-state index contributed by atoms with van der Waals surface area (Å²) in [6.45, 7) is 5.86. The highest BCUT2D eigenvalue weighted by Gasteiger charge is 2.16. The number of aromatic hydroxyl groups is 1. The number of hydrogen-bond donors (Lipinski definition) is 1. The molecule has 0 saturated carbocycles. The Morgan fingerprint density at radius 1 is 1.50 bits per heavy atom. The van der Waals surface area contributed by atoms with Crippen molar-refractivity contribution >= 4 is 5.71 Å². The Kier molecular flexibility index (Phi) is 5.42. The van der Waals surface area contributed by atoms with E-state index in [1.54, 1.807) is 13.8 Å². The van der Waals surface area contributed by atoms with Gasteiger partial charge in [-0.25, -0.2) is 4.79 Å². The van der Waals surface area contributed by atoms with Gasteiger partial charge in [0, 0.05) is 6.07 Å². The fourth-order valence-corrected chi connectivity index (χ4v) is 1.56. The van der Waals surface area contributed by atoms with Gasteiger partial charge in [0.05, 0.1) is 5.71 Å². The van der Waals surface area contributed by atoms with Crippen LogP contribution in [0.25, 0.3) is 0 Å². The molecule has 0 amide bonds. The second-order valence-electron chi connectivity index (χ2n) is 3.96. The summed E-state index contributed by atoms with van der Waals surface area (Å²) in [5, 5.41) is 13.7. The maximum Gasteiger partial charge on any atom is 0.349 e. The Hall–Kier alpha value is -1.78. The van der Waals surface area contributed by atoms with E-state index in [2.05, 4.69) is 5.16 Å². The van der Waals surface area contributed by atoms with Gasteiger partial charge in [0.15, 0.2) is 0 Å². The van der Waals surface area contributed by atoms with Crippen LogP contribution in [0, 0.1) is 6.92 Å². The molecular formula is C13H19NO4. The van der Waals surface area contributed by atoms with Crippen LogP contribution in [-0.4, -0.2) is 17.4 Å². The Balaban J connectivity index is 3.16. The summed E-state index contributed by atoms with van der Waals surface area (Å²) in [4.78, 5) is 16.7. The van der Waals surface area contributed by atoms with Crippen LogP contribution in [0.3, 0.4) is 0 Å². The molecule has 0 radical (unpaired) electrons. The third kappa shape index (κ3) is 3.61. The van der Waals surface area contributed by atoms with Gasteiger partial charge in [-0.1, -0.05) is 18.5 Å². The molecule has 1 heterocycles. The molecule has 1 aromatic rings. The van der Waals surface area contributed by atoms with Crippen LogP contribution >= 0.6 is 0 Å². The van der Waals surface area contributed by atoms with Crippen molar-refractivity contribution < 1.29 is 14.4 Å². The predicted molar refractivity (Wildman–Crippen MR) is 69.1 cm³/mol. The first kappa shape index (κ1) is 14.3. The lowest BCUT2D eigenvalue weighted by molar-refractivity contribution is 0.158. The maximum atomic E-state index is 11.8. The largest absolute Gasteiger partial charge is 0.507 e. The van der Waals surface area contributed by atoms with Crippen LogP contribution in [0.5, 0.6) is 5.75 Å². The standard InChI is InChI=1S/C13H19NO4/c1-4-6-7-10(14-17-5-2)12-11(15)8-9(3)18-13(12)16/h8,15H,4-7H2,1-3H3. The van der Waals surface area contributed by atoms with Crippen LogP contribution in [0.1, 0.15) is 44.4 Å². The first-order valence-corrected chi connectivity index (χ1v) is 6.13. The van der Waals surface area contributed by atoms with Crippen molar-refractivity contribution in [1.29, 1.82) is 0 Å². The summed E-state index contributed by atoms with van der Waals surface area (Å²) in [7, 11) is 0. The number of hydrogen-bond acceptors (Lipinski definition) is 5. The number of aryl methyl sites for hydroxylation is 1. The lowest BCUT2D eigenvalue weighted by atomic mass is 10.1. The first-order valence-electron chi connectivity index (χ1n) is 6.13. The van der Waals surface area contributed by atoms with E-state index in [9.17, 15) is 9.90 Å². The van der Waals surface area contributed by atoms with Crippen molar-refractivity contribution in [3.8, 4) is 5.75 Å². The van der Waals surface area contributed by atoms with Crippen LogP contribution in [0.2, 0.25) is 0 Å².